The van der Waals surface area contributed by atoms with Crippen molar-refractivity contribution in [3.05, 3.63) is 17.0 Å². The zero-order chi connectivity index (χ0) is 12.6. The summed E-state index contributed by atoms with van der Waals surface area (Å²) in [6.45, 7) is 9.33. The van der Waals surface area contributed by atoms with Gasteiger partial charge in [0.25, 0.3) is 0 Å². The molecule has 0 atom stereocenters. The van der Waals surface area contributed by atoms with Crippen molar-refractivity contribution in [3.8, 4) is 0 Å². The lowest BCUT2D eigenvalue weighted by Gasteiger charge is -2.45. The van der Waals surface area contributed by atoms with Crippen LogP contribution in [0.1, 0.15) is 19.7 Å². The third-order valence-electron chi connectivity index (χ3n) is 3.43. The van der Waals surface area contributed by atoms with Gasteiger partial charge < -0.3 is 4.90 Å². The monoisotopic (exact) mass is 254 g/mol. The van der Waals surface area contributed by atoms with Gasteiger partial charge >= 0.3 is 0 Å². The first-order valence-corrected chi connectivity index (χ1v) is 6.24. The molecule has 5 heteroatoms. The van der Waals surface area contributed by atoms with Crippen LogP contribution < -0.4 is 4.90 Å². The number of rotatable bonds is 1. The van der Waals surface area contributed by atoms with Crippen molar-refractivity contribution in [3.63, 3.8) is 0 Å². The summed E-state index contributed by atoms with van der Waals surface area (Å²) in [5, 5.41) is 0.518. The molecule has 1 aliphatic rings. The van der Waals surface area contributed by atoms with Crippen molar-refractivity contribution in [2.75, 3.05) is 31.6 Å². The number of hydrogen-bond donors (Lipinski definition) is 0. The zero-order valence-electron chi connectivity index (χ0n) is 10.9. The molecule has 17 heavy (non-hydrogen) atoms. The summed E-state index contributed by atoms with van der Waals surface area (Å²) in [6.07, 6.45) is 0. The van der Waals surface area contributed by atoms with Gasteiger partial charge in [0.15, 0.2) is 0 Å². The molecule has 2 heterocycles. The number of aromatic nitrogens is 2. The van der Waals surface area contributed by atoms with Crippen molar-refractivity contribution in [2.24, 2.45) is 0 Å². The number of halogens is 1. The molecule has 0 unspecified atom stereocenters. The molecule has 94 valence electrons. The first kappa shape index (κ1) is 12.6. The minimum Gasteiger partial charge on any atom is -0.353 e. The van der Waals surface area contributed by atoms with Gasteiger partial charge in [-0.05, 0) is 27.8 Å². The molecular weight excluding hydrogens is 236 g/mol. The van der Waals surface area contributed by atoms with E-state index in [1.165, 1.54) is 0 Å². The standard InChI is InChI=1S/C12H19ClN4/c1-9-14-10(13)7-11(15-9)17-6-5-16(4)12(2,3)8-17/h7H,5-6,8H2,1-4H3. The van der Waals surface area contributed by atoms with E-state index >= 15 is 0 Å². The molecule has 4 nitrogen and oxygen atoms in total. The molecule has 0 radical (unpaired) electrons. The molecule has 0 bridgehead atoms. The predicted molar refractivity (Wildman–Crippen MR) is 70.7 cm³/mol. The van der Waals surface area contributed by atoms with E-state index in [1.807, 2.05) is 13.0 Å². The predicted octanol–water partition coefficient (Wildman–Crippen LogP) is 1.97. The third-order valence-corrected chi connectivity index (χ3v) is 3.63. The molecule has 2 rings (SSSR count). The van der Waals surface area contributed by atoms with Crippen LogP contribution in [0.4, 0.5) is 5.82 Å². The minimum absolute atomic E-state index is 0.156. The highest BCUT2D eigenvalue weighted by atomic mass is 35.5. The van der Waals surface area contributed by atoms with Crippen LogP contribution in [0.3, 0.4) is 0 Å². The number of piperazine rings is 1. The number of anilines is 1. The van der Waals surface area contributed by atoms with Gasteiger partial charge in [-0.15, -0.1) is 0 Å². The molecule has 0 aromatic carbocycles. The topological polar surface area (TPSA) is 32.3 Å². The Bertz CT molecular complexity index is 399. The molecule has 1 aromatic rings. The first-order valence-electron chi connectivity index (χ1n) is 5.86. The number of aryl methyl sites for hydroxylation is 1. The molecule has 0 spiro atoms. The Morgan fingerprint density at radius 3 is 2.59 bits per heavy atom. The quantitative estimate of drug-likeness (QED) is 0.718. The number of nitrogens with zero attached hydrogens (tertiary/aromatic N) is 4. The van der Waals surface area contributed by atoms with Gasteiger partial charge in [-0.25, -0.2) is 9.97 Å². The summed E-state index contributed by atoms with van der Waals surface area (Å²) in [7, 11) is 2.16. The largest absolute Gasteiger partial charge is 0.353 e. The fourth-order valence-corrected chi connectivity index (χ4v) is 2.33. The molecule has 1 fully saturated rings. The lowest BCUT2D eigenvalue weighted by atomic mass is 10.00. The van der Waals surface area contributed by atoms with Gasteiger partial charge in [0, 0.05) is 31.2 Å². The Labute approximate surface area is 108 Å². The van der Waals surface area contributed by atoms with Crippen molar-refractivity contribution in [1.82, 2.24) is 14.9 Å². The Balaban J connectivity index is 2.23. The van der Waals surface area contributed by atoms with Gasteiger partial charge in [-0.2, -0.15) is 0 Å². The van der Waals surface area contributed by atoms with E-state index in [4.69, 9.17) is 11.6 Å². The second kappa shape index (κ2) is 4.42. The lowest BCUT2D eigenvalue weighted by molar-refractivity contribution is 0.138. The average Bonchev–Trinajstić information content (AvgIpc) is 2.20. The molecular formula is C12H19ClN4. The fraction of sp³-hybridized carbons (Fsp3) is 0.667. The Morgan fingerprint density at radius 1 is 1.29 bits per heavy atom. The first-order chi connectivity index (χ1) is 7.88. The summed E-state index contributed by atoms with van der Waals surface area (Å²) in [5.41, 5.74) is 0.156. The van der Waals surface area contributed by atoms with Crippen LogP contribution in [0.2, 0.25) is 5.15 Å². The molecule has 0 N–H and O–H groups in total. The second-order valence-electron chi connectivity index (χ2n) is 5.25. The van der Waals surface area contributed by atoms with Crippen molar-refractivity contribution in [1.29, 1.82) is 0 Å². The van der Waals surface area contributed by atoms with Crippen LogP contribution in [0.5, 0.6) is 0 Å². The maximum absolute atomic E-state index is 5.98. The molecule has 1 saturated heterocycles. The average molecular weight is 255 g/mol. The van der Waals surface area contributed by atoms with Crippen molar-refractivity contribution >= 4 is 17.4 Å². The van der Waals surface area contributed by atoms with Crippen LogP contribution in [-0.4, -0.2) is 47.1 Å². The SMILES string of the molecule is Cc1nc(Cl)cc(N2CCN(C)C(C)(C)C2)n1. The van der Waals surface area contributed by atoms with Crippen LogP contribution in [0.15, 0.2) is 6.07 Å². The number of hydrogen-bond acceptors (Lipinski definition) is 4. The number of likely N-dealkylation sites (N-methyl/N-ethyl adjacent to an activating group) is 1. The van der Waals surface area contributed by atoms with Crippen LogP contribution >= 0.6 is 11.6 Å². The molecule has 0 aliphatic carbocycles. The summed E-state index contributed by atoms with van der Waals surface area (Å²) < 4.78 is 0. The molecule has 0 saturated carbocycles. The lowest BCUT2D eigenvalue weighted by Crippen LogP contribution is -2.57. The van der Waals surface area contributed by atoms with Crippen molar-refractivity contribution in [2.45, 2.75) is 26.3 Å². The minimum atomic E-state index is 0.156. The van der Waals surface area contributed by atoms with Gasteiger partial charge in [-0.3, -0.25) is 4.90 Å². The van der Waals surface area contributed by atoms with Crippen LogP contribution in [0, 0.1) is 6.92 Å². The molecule has 0 amide bonds. The fourth-order valence-electron chi connectivity index (χ4n) is 2.11. The van der Waals surface area contributed by atoms with E-state index in [2.05, 4.69) is 40.7 Å². The van der Waals surface area contributed by atoms with E-state index in [1.54, 1.807) is 0 Å². The normalized spacial score (nSPS) is 20.6. The Morgan fingerprint density at radius 2 is 2.00 bits per heavy atom. The van der Waals surface area contributed by atoms with Crippen LogP contribution in [0.25, 0.3) is 0 Å². The molecule has 1 aliphatic heterocycles. The van der Waals surface area contributed by atoms with E-state index in [0.29, 0.717) is 5.15 Å². The van der Waals surface area contributed by atoms with Gasteiger partial charge in [0.05, 0.1) is 0 Å². The van der Waals surface area contributed by atoms with E-state index < -0.39 is 0 Å². The second-order valence-corrected chi connectivity index (χ2v) is 5.64. The summed E-state index contributed by atoms with van der Waals surface area (Å²) in [5.74, 6) is 1.66. The van der Waals surface area contributed by atoms with E-state index in [0.717, 1.165) is 31.3 Å². The zero-order valence-corrected chi connectivity index (χ0v) is 11.6. The summed E-state index contributed by atoms with van der Waals surface area (Å²) in [4.78, 5) is 13.2. The highest BCUT2D eigenvalue weighted by Gasteiger charge is 2.31. The Kier molecular flexibility index (Phi) is 3.27. The highest BCUT2D eigenvalue weighted by molar-refractivity contribution is 6.29. The van der Waals surface area contributed by atoms with Gasteiger partial charge in [0.2, 0.25) is 0 Å². The smallest absolute Gasteiger partial charge is 0.134 e. The van der Waals surface area contributed by atoms with Crippen LogP contribution in [-0.2, 0) is 0 Å². The van der Waals surface area contributed by atoms with Gasteiger partial charge in [-0.1, -0.05) is 11.6 Å². The van der Waals surface area contributed by atoms with E-state index in [9.17, 15) is 0 Å². The summed E-state index contributed by atoms with van der Waals surface area (Å²) in [6, 6.07) is 1.84. The molecule has 1 aromatic heterocycles. The third kappa shape index (κ3) is 2.69. The maximum Gasteiger partial charge on any atom is 0.134 e. The van der Waals surface area contributed by atoms with Gasteiger partial charge in [0.1, 0.15) is 16.8 Å². The maximum atomic E-state index is 5.98. The van der Waals surface area contributed by atoms with Crippen molar-refractivity contribution < 1.29 is 0 Å². The van der Waals surface area contributed by atoms with E-state index in [-0.39, 0.29) is 5.54 Å². The Hall–Kier alpha value is -0.870. The highest BCUT2D eigenvalue weighted by Crippen LogP contribution is 2.24. The summed E-state index contributed by atoms with van der Waals surface area (Å²) >= 11 is 5.98.